The molecule has 6 heavy (non-hydrogen) atoms. The van der Waals surface area contributed by atoms with Crippen molar-refractivity contribution >= 4 is 29.1 Å². The maximum Gasteiger partial charge on any atom is 0.253 e. The van der Waals surface area contributed by atoms with Gasteiger partial charge in [-0.3, -0.25) is 0 Å². The van der Waals surface area contributed by atoms with Gasteiger partial charge in [0.2, 0.25) is 0 Å². The van der Waals surface area contributed by atoms with Crippen molar-refractivity contribution in [3.63, 3.8) is 0 Å². The van der Waals surface area contributed by atoms with Gasteiger partial charge in [-0.15, -0.1) is 0 Å². The van der Waals surface area contributed by atoms with Gasteiger partial charge >= 0.3 is 0 Å². The molecule has 0 aromatic heterocycles. The minimum Gasteiger partial charge on any atom is -0.0279 e. The predicted molar refractivity (Wildman–Crippen MR) is 35.9 cm³/mol. The Morgan fingerprint density at radius 3 is 2.83 bits per heavy atom. The van der Waals surface area contributed by atoms with E-state index in [9.17, 15) is 0 Å². The predicted octanol–water partition coefficient (Wildman–Crippen LogP) is 2.11. The molecule has 0 saturated carbocycles. The van der Waals surface area contributed by atoms with Crippen LogP contribution in [0.15, 0.2) is 11.5 Å². The molecule has 0 nitrogen and oxygen atoms in total. The molecule has 3 heteroatoms. The van der Waals surface area contributed by atoms with Crippen molar-refractivity contribution in [1.82, 2.24) is 0 Å². The van der Waals surface area contributed by atoms with Gasteiger partial charge in [-0.2, -0.15) is 0 Å². The van der Waals surface area contributed by atoms with Crippen LogP contribution in [0.4, 0.5) is 0 Å². The molecule has 1 aliphatic heterocycles. The van der Waals surface area contributed by atoms with Gasteiger partial charge in [0.1, 0.15) is 17.5 Å². The highest BCUT2D eigenvalue weighted by Gasteiger charge is 2.11. The molecule has 32 valence electrons. The summed E-state index contributed by atoms with van der Waals surface area (Å²) in [5.74, 6) is -0.0761. The van der Waals surface area contributed by atoms with E-state index in [-0.39, 0.29) is 5.90 Å². The van der Waals surface area contributed by atoms with E-state index in [0.29, 0.717) is 0 Å². The summed E-state index contributed by atoms with van der Waals surface area (Å²) in [5, 5.41) is 2.10. The Morgan fingerprint density at radius 2 is 2.67 bits per heavy atom. The van der Waals surface area contributed by atoms with Crippen LogP contribution in [0.1, 0.15) is 0 Å². The summed E-state index contributed by atoms with van der Waals surface area (Å²) in [6, 6.07) is 0. The Bertz CT molecular complexity index is 87.0. The van der Waals surface area contributed by atoms with Gasteiger partial charge in [-0.1, -0.05) is 0 Å². The number of hydrogen-bond donors (Lipinski definition) is 0. The van der Waals surface area contributed by atoms with Crippen LogP contribution in [-0.2, 0) is 11.8 Å². The van der Waals surface area contributed by atoms with Crippen molar-refractivity contribution in [2.24, 2.45) is 0 Å². The molecule has 1 aliphatic rings. The summed E-state index contributed by atoms with van der Waals surface area (Å²) < 4.78 is 0. The molecule has 0 saturated heterocycles. The van der Waals surface area contributed by atoms with Crippen molar-refractivity contribution in [2.45, 2.75) is 0 Å². The molecule has 0 radical (unpaired) electrons. The highest BCUT2D eigenvalue weighted by Crippen LogP contribution is 2.43. The van der Waals surface area contributed by atoms with E-state index in [2.05, 4.69) is 11.5 Å². The first kappa shape index (κ1) is 4.76. The smallest absolute Gasteiger partial charge is 0.0279 e. The lowest BCUT2D eigenvalue weighted by Crippen LogP contribution is -1.48. The topological polar surface area (TPSA) is 0 Å². The summed E-state index contributed by atoms with van der Waals surface area (Å²) in [7, 11) is 0. The van der Waals surface area contributed by atoms with Crippen LogP contribution in [0.3, 0.4) is 0 Å². The number of allylic oxidation sites excluding steroid dienone is 1. The van der Waals surface area contributed by atoms with Crippen LogP contribution in [0.2, 0.25) is 0 Å². The second kappa shape index (κ2) is 2.06. The highest BCUT2D eigenvalue weighted by molar-refractivity contribution is 8.65. The van der Waals surface area contributed by atoms with Crippen LogP contribution >= 0.6 is 17.3 Å². The van der Waals surface area contributed by atoms with Crippen LogP contribution in [0.25, 0.3) is 0 Å². The van der Waals surface area contributed by atoms with Gasteiger partial charge in [-0.05, 0) is 6.08 Å². The van der Waals surface area contributed by atoms with Gasteiger partial charge in [0.25, 0.3) is 5.90 Å². The molecule has 0 aromatic carbocycles. The van der Waals surface area contributed by atoms with Crippen LogP contribution in [0, 0.1) is 0 Å². The normalized spacial score (nSPS) is 25.7. The molecule has 0 fully saturated rings. The lowest BCUT2D eigenvalue weighted by Gasteiger charge is -1.59. The Hall–Kier alpha value is 0.610. The molecule has 0 aromatic rings. The molecule has 0 bridgehead atoms. The maximum absolute atomic E-state index is 4.97. The zero-order valence-electron chi connectivity index (χ0n) is 3.13. The van der Waals surface area contributed by atoms with Gasteiger partial charge in [0.15, 0.2) is 11.8 Å². The number of hydrogen-bond acceptors (Lipinski definition) is 2. The van der Waals surface area contributed by atoms with Crippen molar-refractivity contribution in [3.8, 4) is 0 Å². The summed E-state index contributed by atoms with van der Waals surface area (Å²) in [6.07, 6.45) is 3.29. The van der Waals surface area contributed by atoms with E-state index in [1.807, 2.05) is 0 Å². The Balaban J connectivity index is 2.52. The SMILES string of the molecule is S=[P+]1CC=CS1. The molecule has 1 rings (SSSR count). The summed E-state index contributed by atoms with van der Waals surface area (Å²) in [5.41, 5.74) is 0. The lowest BCUT2D eigenvalue weighted by molar-refractivity contribution is 1.83. The molecular weight excluding hydrogens is 131 g/mol. The Kier molecular flexibility index (Phi) is 1.63. The fourth-order valence-corrected chi connectivity index (χ4v) is 2.99. The van der Waals surface area contributed by atoms with Gasteiger partial charge in [-0.25, -0.2) is 0 Å². The third-order valence-electron chi connectivity index (χ3n) is 0.529. The monoisotopic (exact) mass is 135 g/mol. The third kappa shape index (κ3) is 1.04. The van der Waals surface area contributed by atoms with E-state index in [4.69, 9.17) is 11.8 Å². The summed E-state index contributed by atoms with van der Waals surface area (Å²) in [6.45, 7) is 0. The van der Waals surface area contributed by atoms with E-state index in [0.717, 1.165) is 6.16 Å². The minimum atomic E-state index is -0.0761. The number of rotatable bonds is 0. The molecule has 1 heterocycles. The first-order valence-corrected chi connectivity index (χ1v) is 5.68. The van der Waals surface area contributed by atoms with Gasteiger partial charge in [0.05, 0.1) is 0 Å². The van der Waals surface area contributed by atoms with Crippen molar-refractivity contribution < 1.29 is 0 Å². The van der Waals surface area contributed by atoms with Gasteiger partial charge < -0.3 is 0 Å². The summed E-state index contributed by atoms with van der Waals surface area (Å²) >= 11 is 6.76. The second-order valence-corrected chi connectivity index (χ2v) is 6.48. The molecule has 1 unspecified atom stereocenters. The van der Waals surface area contributed by atoms with E-state index >= 15 is 0 Å². The minimum absolute atomic E-state index is 0.0761. The average Bonchev–Trinajstić information content (AvgIpc) is 1.86. The van der Waals surface area contributed by atoms with Crippen LogP contribution < -0.4 is 0 Å². The van der Waals surface area contributed by atoms with Crippen LogP contribution in [0.5, 0.6) is 0 Å². The van der Waals surface area contributed by atoms with Gasteiger partial charge in [0, 0.05) is 5.41 Å². The average molecular weight is 135 g/mol. The highest BCUT2D eigenvalue weighted by atomic mass is 32.9. The van der Waals surface area contributed by atoms with Crippen LogP contribution in [-0.4, -0.2) is 6.16 Å². The maximum atomic E-state index is 4.97. The Morgan fingerprint density at radius 1 is 1.83 bits per heavy atom. The molecule has 0 spiro atoms. The fourth-order valence-electron chi connectivity index (χ4n) is 0.283. The van der Waals surface area contributed by atoms with E-state index in [1.54, 1.807) is 11.4 Å². The standard InChI is InChI=1S/C3H4PS2/c5-4-2-1-3-6-4/h1,3H,2H2/q+1. The van der Waals surface area contributed by atoms with Crippen molar-refractivity contribution in [1.29, 1.82) is 0 Å². The first-order chi connectivity index (χ1) is 2.89. The molecule has 1 atom stereocenters. The van der Waals surface area contributed by atoms with Crippen molar-refractivity contribution in [3.05, 3.63) is 11.5 Å². The fraction of sp³-hybridized carbons (Fsp3) is 0.333. The molecule has 0 amide bonds. The van der Waals surface area contributed by atoms with Crippen molar-refractivity contribution in [2.75, 3.05) is 6.16 Å². The first-order valence-electron chi connectivity index (χ1n) is 1.66. The second-order valence-electron chi connectivity index (χ2n) is 0.993. The zero-order valence-corrected chi connectivity index (χ0v) is 5.65. The molecule has 0 N–H and O–H groups in total. The molecule has 0 aliphatic carbocycles. The molecular formula is C3H4PS2+. The Labute approximate surface area is 47.2 Å². The summed E-state index contributed by atoms with van der Waals surface area (Å²) in [4.78, 5) is 0. The quantitative estimate of drug-likeness (QED) is 0.466. The van der Waals surface area contributed by atoms with E-state index < -0.39 is 0 Å². The lowest BCUT2D eigenvalue weighted by atomic mass is 10.8. The zero-order chi connectivity index (χ0) is 4.41. The van der Waals surface area contributed by atoms with E-state index in [1.165, 1.54) is 0 Å². The third-order valence-corrected chi connectivity index (χ3v) is 4.33. The largest absolute Gasteiger partial charge is 0.253 e.